The molecule has 5 aromatic rings. The van der Waals surface area contributed by atoms with Crippen LogP contribution in [0.4, 0.5) is 0 Å². The fourth-order valence-electron chi connectivity index (χ4n) is 4.32. The van der Waals surface area contributed by atoms with Gasteiger partial charge < -0.3 is 9.15 Å². The normalized spacial score (nSPS) is 15.5. The van der Waals surface area contributed by atoms with Crippen LogP contribution in [0.5, 0.6) is 0 Å². The lowest BCUT2D eigenvalue weighted by molar-refractivity contribution is -0.139. The smallest absolute Gasteiger partial charge is 0.338 e. The number of fused-ring (bicyclic) bond motifs is 2. The Kier molecular flexibility index (Phi) is 6.61. The lowest BCUT2D eigenvalue weighted by Crippen LogP contribution is -2.39. The highest BCUT2D eigenvalue weighted by Crippen LogP contribution is 2.35. The first-order valence-electron chi connectivity index (χ1n) is 11.9. The molecule has 0 fully saturated rings. The first-order valence-corrected chi connectivity index (χ1v) is 14.3. The Labute approximate surface area is 229 Å². The minimum absolute atomic E-state index is 0.234. The van der Waals surface area contributed by atoms with Crippen LogP contribution in [0.15, 0.2) is 102 Å². The number of allylic oxidation sites excluding steroid dienone is 1. The van der Waals surface area contributed by atoms with Crippen LogP contribution in [0.3, 0.4) is 0 Å². The van der Waals surface area contributed by atoms with Gasteiger partial charge in [-0.3, -0.25) is 9.36 Å². The first kappa shape index (κ1) is 24.6. The summed E-state index contributed by atoms with van der Waals surface area (Å²) in [6, 6.07) is 20.5. The molecule has 2 aromatic carbocycles. The van der Waals surface area contributed by atoms with E-state index in [1.165, 1.54) is 23.1 Å². The topological polar surface area (TPSA) is 86.7 Å². The van der Waals surface area contributed by atoms with E-state index in [1.807, 2.05) is 66.7 Å². The molecule has 1 atom stereocenters. The third-order valence-electron chi connectivity index (χ3n) is 5.97. The molecule has 38 heavy (non-hydrogen) atoms. The van der Waals surface area contributed by atoms with Gasteiger partial charge in [0.1, 0.15) is 5.76 Å². The van der Waals surface area contributed by atoms with E-state index in [1.54, 1.807) is 35.8 Å². The van der Waals surface area contributed by atoms with E-state index in [0.717, 1.165) is 20.1 Å². The second-order valence-electron chi connectivity index (χ2n) is 8.42. The number of ether oxygens (including phenoxy) is 1. The summed E-state index contributed by atoms with van der Waals surface area (Å²) >= 11 is 4.32. The number of hydrogen-bond acceptors (Lipinski definition) is 9. The van der Waals surface area contributed by atoms with E-state index in [-0.39, 0.29) is 12.2 Å². The summed E-state index contributed by atoms with van der Waals surface area (Å²) < 4.78 is 15.4. The minimum atomic E-state index is -0.629. The number of carbonyl (C=O) groups excluding carboxylic acids is 1. The lowest BCUT2D eigenvalue weighted by Gasteiger charge is -2.24. The number of aromatic nitrogens is 2. The van der Waals surface area contributed by atoms with Gasteiger partial charge in [0, 0.05) is 6.08 Å². The fourth-order valence-corrected chi connectivity index (χ4v) is 7.32. The summed E-state index contributed by atoms with van der Waals surface area (Å²) in [5.74, 6) is 0.0795. The molecular weight excluding hydrogens is 539 g/mol. The Morgan fingerprint density at radius 3 is 2.68 bits per heavy atom. The molecule has 4 heterocycles. The zero-order chi connectivity index (χ0) is 26.2. The predicted octanol–water partition coefficient (Wildman–Crippen LogP) is 5.15. The first-order chi connectivity index (χ1) is 18.5. The van der Waals surface area contributed by atoms with Crippen LogP contribution in [0.2, 0.25) is 0 Å². The van der Waals surface area contributed by atoms with Crippen molar-refractivity contribution in [3.05, 3.63) is 109 Å². The average Bonchev–Trinajstić information content (AvgIpc) is 3.61. The van der Waals surface area contributed by atoms with Crippen molar-refractivity contribution in [2.45, 2.75) is 29.3 Å². The van der Waals surface area contributed by atoms with E-state index in [2.05, 4.69) is 9.98 Å². The Bertz CT molecular complexity index is 1850. The minimum Gasteiger partial charge on any atom is -0.463 e. The molecule has 3 aromatic heterocycles. The number of benzene rings is 2. The van der Waals surface area contributed by atoms with E-state index in [4.69, 9.17) is 9.15 Å². The SMILES string of the molecule is CCOC(=O)C1=C(C)N=c2s/c(=C\c3ccc(Sc4nc5ccccc5s4)o3)c(=O)n2[C@H]1c1ccccc1. The number of rotatable bonds is 6. The van der Waals surface area contributed by atoms with Gasteiger partial charge in [-0.05, 0) is 55.4 Å². The van der Waals surface area contributed by atoms with E-state index >= 15 is 0 Å². The molecule has 0 amide bonds. The van der Waals surface area contributed by atoms with Gasteiger partial charge in [0.05, 0.1) is 38.7 Å². The van der Waals surface area contributed by atoms with Crippen LogP contribution in [0, 0.1) is 0 Å². The molecule has 0 N–H and O–H groups in total. The van der Waals surface area contributed by atoms with Gasteiger partial charge in [0.25, 0.3) is 5.56 Å². The maximum atomic E-state index is 13.7. The van der Waals surface area contributed by atoms with Gasteiger partial charge in [-0.25, -0.2) is 14.8 Å². The highest BCUT2D eigenvalue weighted by atomic mass is 32.2. The molecule has 1 aliphatic heterocycles. The number of carbonyl (C=O) groups is 1. The Balaban J connectivity index is 1.38. The van der Waals surface area contributed by atoms with Crippen LogP contribution in [0.1, 0.15) is 31.2 Å². The molecule has 10 heteroatoms. The monoisotopic (exact) mass is 559 g/mol. The molecule has 1 aliphatic rings. The summed E-state index contributed by atoms with van der Waals surface area (Å²) in [6.07, 6.45) is 1.72. The number of nitrogens with zero attached hydrogens (tertiary/aromatic N) is 3. The second kappa shape index (κ2) is 10.2. The second-order valence-corrected chi connectivity index (χ2v) is 11.7. The van der Waals surface area contributed by atoms with Gasteiger partial charge >= 0.3 is 5.97 Å². The Morgan fingerprint density at radius 2 is 1.89 bits per heavy atom. The summed E-state index contributed by atoms with van der Waals surface area (Å²) in [5.41, 5.74) is 2.43. The highest BCUT2D eigenvalue weighted by molar-refractivity contribution is 8.01. The zero-order valence-electron chi connectivity index (χ0n) is 20.4. The van der Waals surface area contributed by atoms with Gasteiger partial charge in [-0.2, -0.15) is 0 Å². The molecule has 0 bridgehead atoms. The maximum Gasteiger partial charge on any atom is 0.338 e. The zero-order valence-corrected chi connectivity index (χ0v) is 22.9. The maximum absolute atomic E-state index is 13.7. The fraction of sp³-hybridized carbons (Fsp3) is 0.143. The van der Waals surface area contributed by atoms with Gasteiger partial charge in [-0.1, -0.05) is 53.8 Å². The molecule has 0 unspecified atom stereocenters. The van der Waals surface area contributed by atoms with Crippen molar-refractivity contribution in [2.75, 3.05) is 6.61 Å². The molecule has 6 rings (SSSR count). The van der Waals surface area contributed by atoms with Gasteiger partial charge in [-0.15, -0.1) is 11.3 Å². The van der Waals surface area contributed by atoms with Gasteiger partial charge in [0.15, 0.2) is 14.2 Å². The van der Waals surface area contributed by atoms with Gasteiger partial charge in [0.2, 0.25) is 0 Å². The third-order valence-corrected chi connectivity index (χ3v) is 8.97. The molecule has 0 saturated heterocycles. The van der Waals surface area contributed by atoms with Crippen molar-refractivity contribution >= 4 is 56.7 Å². The van der Waals surface area contributed by atoms with Crippen molar-refractivity contribution in [3.63, 3.8) is 0 Å². The number of thiazole rings is 2. The van der Waals surface area contributed by atoms with Crippen LogP contribution in [0.25, 0.3) is 16.3 Å². The number of para-hydroxylation sites is 1. The molecule has 190 valence electrons. The molecular formula is C28H21N3O4S3. The van der Waals surface area contributed by atoms with Crippen LogP contribution in [-0.2, 0) is 9.53 Å². The van der Waals surface area contributed by atoms with E-state index < -0.39 is 12.0 Å². The van der Waals surface area contributed by atoms with E-state index in [9.17, 15) is 9.59 Å². The van der Waals surface area contributed by atoms with Crippen molar-refractivity contribution in [3.8, 4) is 0 Å². The average molecular weight is 560 g/mol. The largest absolute Gasteiger partial charge is 0.463 e. The molecule has 0 spiro atoms. The standard InChI is InChI=1S/C28H21N3O4S3/c1-3-34-26(33)23-16(2)29-27-31(24(23)17-9-5-4-6-10-17)25(32)21(36-27)15-18-13-14-22(35-18)38-28-30-19-11-7-8-12-20(19)37-28/h4-15,24H,3H2,1-2H3/b21-15-/t24-/m0/s1. The molecule has 0 aliphatic carbocycles. The highest BCUT2D eigenvalue weighted by Gasteiger charge is 2.33. The van der Waals surface area contributed by atoms with E-state index in [0.29, 0.717) is 31.5 Å². The summed E-state index contributed by atoms with van der Waals surface area (Å²) in [7, 11) is 0. The van der Waals surface area contributed by atoms with Crippen LogP contribution >= 0.6 is 34.4 Å². The third kappa shape index (κ3) is 4.55. The van der Waals surface area contributed by atoms with Crippen molar-refractivity contribution in [1.29, 1.82) is 0 Å². The predicted molar refractivity (Wildman–Crippen MR) is 149 cm³/mol. The lowest BCUT2D eigenvalue weighted by atomic mass is 9.96. The Hall–Kier alpha value is -3.73. The Morgan fingerprint density at radius 1 is 1.11 bits per heavy atom. The van der Waals surface area contributed by atoms with Crippen LogP contribution in [-0.4, -0.2) is 22.1 Å². The summed E-state index contributed by atoms with van der Waals surface area (Å²) in [5, 5.41) is 0.686. The summed E-state index contributed by atoms with van der Waals surface area (Å²) in [6.45, 7) is 3.77. The number of esters is 1. The number of hydrogen-bond donors (Lipinski definition) is 0. The van der Waals surface area contributed by atoms with Crippen molar-refractivity contribution in [1.82, 2.24) is 9.55 Å². The molecule has 0 radical (unpaired) electrons. The van der Waals surface area contributed by atoms with Crippen LogP contribution < -0.4 is 14.9 Å². The quantitative estimate of drug-likeness (QED) is 0.268. The van der Waals surface area contributed by atoms with Crippen molar-refractivity contribution < 1.29 is 13.9 Å². The number of furan rings is 1. The van der Waals surface area contributed by atoms with Crippen molar-refractivity contribution in [2.24, 2.45) is 4.99 Å². The summed E-state index contributed by atoms with van der Waals surface area (Å²) in [4.78, 5) is 36.4. The molecule has 0 saturated carbocycles. The molecule has 7 nitrogen and oxygen atoms in total.